The molecule has 0 fully saturated rings. The molecule has 0 spiro atoms. The normalized spacial score (nSPS) is 11.4. The van der Waals surface area contributed by atoms with Gasteiger partial charge in [-0.3, -0.25) is 9.36 Å². The molecule has 0 aliphatic rings. The molecule has 34 heavy (non-hydrogen) atoms. The van der Waals surface area contributed by atoms with Crippen molar-refractivity contribution in [1.82, 2.24) is 14.5 Å². The standard InChI is InChI=1S/C25H22N4O4S/c1-28(2)12-13-29-18-15-17(10-11-19(18)33-25(29)31)26-23(30)22-21(16-7-4-3-5-8-16)27-24(34-22)20-9-6-14-32-20/h3-11,14-15H,12-13H2,1-2H3,(H,26,30). The number of hydrogen-bond donors (Lipinski definition) is 1. The highest BCUT2D eigenvalue weighted by molar-refractivity contribution is 7.17. The zero-order chi connectivity index (χ0) is 23.7. The second-order valence-electron chi connectivity index (χ2n) is 8.00. The third-order valence-corrected chi connectivity index (χ3v) is 6.38. The van der Waals surface area contributed by atoms with Crippen LogP contribution < -0.4 is 11.1 Å². The van der Waals surface area contributed by atoms with Gasteiger partial charge in [-0.15, -0.1) is 11.3 Å². The number of carbonyl (C=O) groups is 1. The van der Waals surface area contributed by atoms with E-state index >= 15 is 0 Å². The summed E-state index contributed by atoms with van der Waals surface area (Å²) in [5, 5.41) is 3.58. The predicted octanol–water partition coefficient (Wildman–Crippen LogP) is 4.79. The number of aromatic nitrogens is 2. The van der Waals surface area contributed by atoms with Gasteiger partial charge in [0, 0.05) is 24.3 Å². The van der Waals surface area contributed by atoms with E-state index in [4.69, 9.17) is 13.8 Å². The molecule has 0 aliphatic carbocycles. The van der Waals surface area contributed by atoms with Crippen molar-refractivity contribution in [3.05, 3.63) is 82.4 Å². The summed E-state index contributed by atoms with van der Waals surface area (Å²) in [6.45, 7) is 1.16. The van der Waals surface area contributed by atoms with Gasteiger partial charge >= 0.3 is 5.76 Å². The minimum Gasteiger partial charge on any atom is -0.462 e. The van der Waals surface area contributed by atoms with E-state index in [1.165, 1.54) is 11.3 Å². The van der Waals surface area contributed by atoms with Crippen LogP contribution in [-0.4, -0.2) is 41.0 Å². The van der Waals surface area contributed by atoms with E-state index in [1.807, 2.05) is 55.4 Å². The lowest BCUT2D eigenvalue weighted by Gasteiger charge is -2.10. The van der Waals surface area contributed by atoms with Gasteiger partial charge in [0.1, 0.15) is 4.88 Å². The Morgan fingerprint density at radius 2 is 1.94 bits per heavy atom. The van der Waals surface area contributed by atoms with Crippen molar-refractivity contribution in [2.45, 2.75) is 6.54 Å². The molecule has 0 atom stereocenters. The second-order valence-corrected chi connectivity index (χ2v) is 9.00. The van der Waals surface area contributed by atoms with Gasteiger partial charge in [-0.25, -0.2) is 9.78 Å². The van der Waals surface area contributed by atoms with Gasteiger partial charge in [-0.2, -0.15) is 0 Å². The lowest BCUT2D eigenvalue weighted by molar-refractivity contribution is 0.103. The van der Waals surface area contributed by atoms with Crippen LogP contribution >= 0.6 is 11.3 Å². The Labute approximate surface area is 199 Å². The zero-order valence-corrected chi connectivity index (χ0v) is 19.5. The summed E-state index contributed by atoms with van der Waals surface area (Å²) in [5.74, 6) is -0.109. The molecule has 172 valence electrons. The smallest absolute Gasteiger partial charge is 0.419 e. The van der Waals surface area contributed by atoms with Crippen LogP contribution in [0.25, 0.3) is 33.1 Å². The van der Waals surface area contributed by atoms with Gasteiger partial charge in [-0.05, 0) is 44.4 Å². The lowest BCUT2D eigenvalue weighted by atomic mass is 10.1. The van der Waals surface area contributed by atoms with Gasteiger partial charge in [0.05, 0.1) is 17.5 Å². The summed E-state index contributed by atoms with van der Waals surface area (Å²) in [6.07, 6.45) is 1.58. The van der Waals surface area contributed by atoms with Gasteiger partial charge in [0.15, 0.2) is 16.4 Å². The van der Waals surface area contributed by atoms with Crippen molar-refractivity contribution in [2.75, 3.05) is 26.0 Å². The van der Waals surface area contributed by atoms with Gasteiger partial charge in [-0.1, -0.05) is 30.3 Å². The third-order valence-electron chi connectivity index (χ3n) is 5.31. The molecule has 5 rings (SSSR count). The second kappa shape index (κ2) is 9.12. The van der Waals surface area contributed by atoms with Crippen LogP contribution in [0.15, 0.2) is 80.6 Å². The van der Waals surface area contributed by atoms with Crippen LogP contribution in [0, 0.1) is 0 Å². The Balaban J connectivity index is 1.49. The topological polar surface area (TPSA) is 93.5 Å². The largest absolute Gasteiger partial charge is 0.462 e. The van der Waals surface area contributed by atoms with E-state index in [1.54, 1.807) is 35.1 Å². The number of thiazole rings is 1. The van der Waals surface area contributed by atoms with E-state index in [0.29, 0.717) is 51.2 Å². The number of fused-ring (bicyclic) bond motifs is 1. The van der Waals surface area contributed by atoms with Crippen LogP contribution in [-0.2, 0) is 6.54 Å². The van der Waals surface area contributed by atoms with E-state index in [2.05, 4.69) is 5.32 Å². The molecule has 8 nitrogen and oxygen atoms in total. The monoisotopic (exact) mass is 474 g/mol. The van der Waals surface area contributed by atoms with Gasteiger partial charge in [0.25, 0.3) is 5.91 Å². The number of carbonyl (C=O) groups excluding carboxylic acids is 1. The maximum Gasteiger partial charge on any atom is 0.419 e. The van der Waals surface area contributed by atoms with Crippen molar-refractivity contribution in [2.24, 2.45) is 0 Å². The third kappa shape index (κ3) is 4.30. The predicted molar refractivity (Wildman–Crippen MR) is 132 cm³/mol. The number of benzene rings is 2. The van der Waals surface area contributed by atoms with Crippen LogP contribution in [0.2, 0.25) is 0 Å². The first-order valence-corrected chi connectivity index (χ1v) is 11.5. The fourth-order valence-corrected chi connectivity index (χ4v) is 4.56. The number of nitrogens with zero attached hydrogens (tertiary/aromatic N) is 3. The number of rotatable bonds is 7. The first-order valence-electron chi connectivity index (χ1n) is 10.7. The molecule has 0 radical (unpaired) electrons. The van der Waals surface area contributed by atoms with E-state index < -0.39 is 5.76 Å². The highest BCUT2D eigenvalue weighted by atomic mass is 32.1. The molecular formula is C25H22N4O4S. The number of likely N-dealkylation sites (N-methyl/N-ethyl adjacent to an activating group) is 1. The first-order chi connectivity index (χ1) is 16.5. The molecule has 9 heteroatoms. The summed E-state index contributed by atoms with van der Waals surface area (Å²) >= 11 is 1.27. The number of furan rings is 1. The molecule has 0 saturated heterocycles. The van der Waals surface area contributed by atoms with Crippen molar-refractivity contribution >= 4 is 34.0 Å². The van der Waals surface area contributed by atoms with Crippen molar-refractivity contribution in [3.8, 4) is 22.0 Å². The highest BCUT2D eigenvalue weighted by Gasteiger charge is 2.22. The van der Waals surface area contributed by atoms with E-state index in [0.717, 1.165) is 5.56 Å². The van der Waals surface area contributed by atoms with Crippen molar-refractivity contribution in [3.63, 3.8) is 0 Å². The molecule has 0 saturated carbocycles. The minimum absolute atomic E-state index is 0.292. The Morgan fingerprint density at radius 1 is 1.12 bits per heavy atom. The van der Waals surface area contributed by atoms with Gasteiger partial charge < -0.3 is 19.1 Å². The summed E-state index contributed by atoms with van der Waals surface area (Å²) in [7, 11) is 3.88. The molecule has 2 aromatic carbocycles. The molecular weight excluding hydrogens is 452 g/mol. The number of oxazole rings is 1. The molecule has 0 unspecified atom stereocenters. The number of anilines is 1. The molecule has 5 aromatic rings. The minimum atomic E-state index is -0.419. The van der Waals surface area contributed by atoms with Crippen LogP contribution in [0.3, 0.4) is 0 Å². The molecule has 3 heterocycles. The molecule has 0 aliphatic heterocycles. The fourth-order valence-electron chi connectivity index (χ4n) is 3.61. The Bertz CT molecular complexity index is 1500. The number of nitrogens with one attached hydrogen (secondary N) is 1. The molecule has 1 N–H and O–H groups in total. The Kier molecular flexibility index (Phi) is 5.87. The summed E-state index contributed by atoms with van der Waals surface area (Å²) in [5.41, 5.74) is 3.09. The fraction of sp³-hybridized carbons (Fsp3) is 0.160. The number of hydrogen-bond acceptors (Lipinski definition) is 7. The van der Waals surface area contributed by atoms with Crippen molar-refractivity contribution in [1.29, 1.82) is 0 Å². The van der Waals surface area contributed by atoms with Gasteiger partial charge in [0.2, 0.25) is 0 Å². The average molecular weight is 475 g/mol. The van der Waals surface area contributed by atoms with Crippen LogP contribution in [0.5, 0.6) is 0 Å². The molecule has 3 aromatic heterocycles. The quantitative estimate of drug-likeness (QED) is 0.364. The highest BCUT2D eigenvalue weighted by Crippen LogP contribution is 2.34. The lowest BCUT2D eigenvalue weighted by Crippen LogP contribution is -2.23. The van der Waals surface area contributed by atoms with Crippen LogP contribution in [0.4, 0.5) is 5.69 Å². The summed E-state index contributed by atoms with van der Waals surface area (Å²) < 4.78 is 12.4. The summed E-state index contributed by atoms with van der Waals surface area (Å²) in [4.78, 5) is 32.8. The summed E-state index contributed by atoms with van der Waals surface area (Å²) in [6, 6.07) is 18.3. The Hall–Kier alpha value is -3.95. The molecule has 1 amide bonds. The molecule has 0 bridgehead atoms. The Morgan fingerprint density at radius 3 is 2.68 bits per heavy atom. The van der Waals surface area contributed by atoms with Crippen LogP contribution in [0.1, 0.15) is 9.67 Å². The average Bonchev–Trinajstić information content (AvgIpc) is 3.56. The maximum absolute atomic E-state index is 13.4. The SMILES string of the molecule is CN(C)CCn1c(=O)oc2ccc(NC(=O)c3sc(-c4ccco4)nc3-c3ccccc3)cc21. The first kappa shape index (κ1) is 21.9. The van der Waals surface area contributed by atoms with Crippen molar-refractivity contribution < 1.29 is 13.6 Å². The van der Waals surface area contributed by atoms with E-state index in [-0.39, 0.29) is 5.91 Å². The zero-order valence-electron chi connectivity index (χ0n) is 18.6. The van der Waals surface area contributed by atoms with E-state index in [9.17, 15) is 9.59 Å². The number of amides is 1. The maximum atomic E-state index is 13.4.